The zero-order valence-corrected chi connectivity index (χ0v) is 10.1. The molecule has 2 N–H and O–H groups in total. The summed E-state index contributed by atoms with van der Waals surface area (Å²) < 4.78 is 0. The molecule has 1 atom stereocenters. The van der Waals surface area contributed by atoms with Crippen LogP contribution in [-0.2, 0) is 9.59 Å². The SMILES string of the molecule is CCCC(C#N)C(=O)N(CC(N)=O)C(C)C. The summed E-state index contributed by atoms with van der Waals surface area (Å²) in [7, 11) is 0. The van der Waals surface area contributed by atoms with Gasteiger partial charge in [0.25, 0.3) is 0 Å². The van der Waals surface area contributed by atoms with E-state index in [1.54, 1.807) is 13.8 Å². The van der Waals surface area contributed by atoms with Crippen LogP contribution in [0.5, 0.6) is 0 Å². The molecule has 1 unspecified atom stereocenters. The Balaban J connectivity index is 4.72. The molecule has 0 aromatic carbocycles. The number of rotatable bonds is 6. The van der Waals surface area contributed by atoms with Crippen molar-refractivity contribution >= 4 is 11.8 Å². The predicted octanol–water partition coefficient (Wildman–Crippen LogP) is 0.649. The predicted molar refractivity (Wildman–Crippen MR) is 60.1 cm³/mol. The van der Waals surface area contributed by atoms with Gasteiger partial charge in [-0.05, 0) is 20.3 Å². The van der Waals surface area contributed by atoms with Crippen molar-refractivity contribution in [3.63, 3.8) is 0 Å². The number of hydrogen-bond donors (Lipinski definition) is 1. The van der Waals surface area contributed by atoms with Crippen molar-refractivity contribution in [1.82, 2.24) is 4.90 Å². The molecule has 0 aromatic rings. The Kier molecular flexibility index (Phi) is 6.16. The minimum absolute atomic E-state index is 0.127. The summed E-state index contributed by atoms with van der Waals surface area (Å²) in [5, 5.41) is 8.88. The van der Waals surface area contributed by atoms with Crippen LogP contribution in [0.25, 0.3) is 0 Å². The van der Waals surface area contributed by atoms with Gasteiger partial charge < -0.3 is 10.6 Å². The van der Waals surface area contributed by atoms with Crippen molar-refractivity contribution < 1.29 is 9.59 Å². The van der Waals surface area contributed by atoms with Crippen LogP contribution in [0.1, 0.15) is 33.6 Å². The number of amides is 2. The molecule has 0 aliphatic rings. The second-order valence-corrected chi connectivity index (χ2v) is 4.00. The van der Waals surface area contributed by atoms with Gasteiger partial charge in [0.2, 0.25) is 11.8 Å². The van der Waals surface area contributed by atoms with Crippen molar-refractivity contribution in [2.45, 2.75) is 39.7 Å². The fourth-order valence-electron chi connectivity index (χ4n) is 1.41. The Bertz CT molecular complexity index is 294. The van der Waals surface area contributed by atoms with E-state index in [-0.39, 0.29) is 18.5 Å². The molecule has 16 heavy (non-hydrogen) atoms. The monoisotopic (exact) mass is 225 g/mol. The maximum atomic E-state index is 11.9. The summed E-state index contributed by atoms with van der Waals surface area (Å²) in [5.74, 6) is -1.54. The third kappa shape index (κ3) is 4.30. The first kappa shape index (κ1) is 14.4. The van der Waals surface area contributed by atoms with Gasteiger partial charge in [-0.1, -0.05) is 13.3 Å². The number of nitrogens with zero attached hydrogens (tertiary/aromatic N) is 2. The molecule has 0 rings (SSSR count). The minimum Gasteiger partial charge on any atom is -0.368 e. The number of nitriles is 1. The summed E-state index contributed by atoms with van der Waals surface area (Å²) >= 11 is 0. The first-order valence-electron chi connectivity index (χ1n) is 5.42. The summed E-state index contributed by atoms with van der Waals surface area (Å²) in [5.41, 5.74) is 5.07. The van der Waals surface area contributed by atoms with Crippen molar-refractivity contribution in [2.24, 2.45) is 11.7 Å². The van der Waals surface area contributed by atoms with E-state index in [2.05, 4.69) is 0 Å². The maximum Gasteiger partial charge on any atom is 0.240 e. The van der Waals surface area contributed by atoms with Crippen LogP contribution in [-0.4, -0.2) is 29.3 Å². The molecule has 0 bridgehead atoms. The number of primary amides is 1. The first-order valence-corrected chi connectivity index (χ1v) is 5.42. The molecule has 0 fully saturated rings. The molecule has 0 spiro atoms. The van der Waals surface area contributed by atoms with Crippen LogP contribution in [0, 0.1) is 17.2 Å². The van der Waals surface area contributed by atoms with Crippen molar-refractivity contribution in [2.75, 3.05) is 6.54 Å². The van der Waals surface area contributed by atoms with Crippen LogP contribution in [0.4, 0.5) is 0 Å². The molecule has 0 saturated heterocycles. The van der Waals surface area contributed by atoms with E-state index in [0.29, 0.717) is 6.42 Å². The Labute approximate surface area is 96.2 Å². The van der Waals surface area contributed by atoms with Crippen LogP contribution < -0.4 is 5.73 Å². The van der Waals surface area contributed by atoms with Gasteiger partial charge in [-0.15, -0.1) is 0 Å². The molecule has 2 amide bonds. The molecule has 0 saturated carbocycles. The van der Waals surface area contributed by atoms with Crippen LogP contribution in [0.15, 0.2) is 0 Å². The number of carbonyl (C=O) groups is 2. The first-order chi connectivity index (χ1) is 7.43. The summed E-state index contributed by atoms with van der Waals surface area (Å²) in [6, 6.07) is 1.84. The van der Waals surface area contributed by atoms with Gasteiger partial charge >= 0.3 is 0 Å². The Morgan fingerprint density at radius 3 is 2.31 bits per heavy atom. The van der Waals surface area contributed by atoms with Gasteiger partial charge in [-0.3, -0.25) is 9.59 Å². The molecule has 0 aliphatic carbocycles. The zero-order chi connectivity index (χ0) is 12.7. The Morgan fingerprint density at radius 1 is 1.44 bits per heavy atom. The summed E-state index contributed by atoms with van der Waals surface area (Å²) in [4.78, 5) is 24.1. The normalized spacial score (nSPS) is 11.9. The van der Waals surface area contributed by atoms with Crippen molar-refractivity contribution in [1.29, 1.82) is 5.26 Å². The smallest absolute Gasteiger partial charge is 0.240 e. The maximum absolute atomic E-state index is 11.9. The molecule has 0 aromatic heterocycles. The molecular weight excluding hydrogens is 206 g/mol. The van der Waals surface area contributed by atoms with Crippen LogP contribution in [0.2, 0.25) is 0 Å². The topological polar surface area (TPSA) is 87.2 Å². The fourth-order valence-corrected chi connectivity index (χ4v) is 1.41. The van der Waals surface area contributed by atoms with Crippen molar-refractivity contribution in [3.05, 3.63) is 0 Å². The number of hydrogen-bond acceptors (Lipinski definition) is 3. The van der Waals surface area contributed by atoms with Gasteiger partial charge in [-0.25, -0.2) is 0 Å². The highest BCUT2D eigenvalue weighted by atomic mass is 16.2. The lowest BCUT2D eigenvalue weighted by Gasteiger charge is -2.27. The largest absolute Gasteiger partial charge is 0.368 e. The van der Waals surface area contributed by atoms with Crippen molar-refractivity contribution in [3.8, 4) is 6.07 Å². The second-order valence-electron chi connectivity index (χ2n) is 4.00. The average Bonchev–Trinajstić information content (AvgIpc) is 2.21. The fraction of sp³-hybridized carbons (Fsp3) is 0.727. The van der Waals surface area contributed by atoms with Gasteiger partial charge in [0.05, 0.1) is 12.6 Å². The molecule has 0 radical (unpaired) electrons. The number of nitrogens with two attached hydrogens (primary N) is 1. The molecule has 5 heteroatoms. The van der Waals surface area contributed by atoms with Crippen LogP contribution >= 0.6 is 0 Å². The molecule has 0 heterocycles. The highest BCUT2D eigenvalue weighted by Gasteiger charge is 2.26. The third-order valence-electron chi connectivity index (χ3n) is 2.26. The molecule has 0 aliphatic heterocycles. The van der Waals surface area contributed by atoms with Gasteiger partial charge in [0.15, 0.2) is 0 Å². The van der Waals surface area contributed by atoms with E-state index in [1.165, 1.54) is 4.90 Å². The lowest BCUT2D eigenvalue weighted by atomic mass is 10.0. The van der Waals surface area contributed by atoms with E-state index in [1.807, 2.05) is 13.0 Å². The standard InChI is InChI=1S/C11H19N3O2/c1-4-5-9(6-12)11(16)14(8(2)3)7-10(13)15/h8-9H,4-5,7H2,1-3H3,(H2,13,15). The second kappa shape index (κ2) is 6.83. The van der Waals surface area contributed by atoms with Gasteiger partial charge in [-0.2, -0.15) is 5.26 Å². The average molecular weight is 225 g/mol. The van der Waals surface area contributed by atoms with E-state index >= 15 is 0 Å². The molecule has 90 valence electrons. The van der Waals surface area contributed by atoms with E-state index in [9.17, 15) is 9.59 Å². The molecule has 5 nitrogen and oxygen atoms in total. The lowest BCUT2D eigenvalue weighted by Crippen LogP contribution is -2.45. The highest BCUT2D eigenvalue weighted by molar-refractivity contribution is 5.86. The Morgan fingerprint density at radius 2 is 2.00 bits per heavy atom. The summed E-state index contributed by atoms with van der Waals surface area (Å²) in [6.45, 7) is 5.37. The Hall–Kier alpha value is -1.57. The van der Waals surface area contributed by atoms with E-state index in [0.717, 1.165) is 6.42 Å². The summed E-state index contributed by atoms with van der Waals surface area (Å²) in [6.07, 6.45) is 1.27. The minimum atomic E-state index is -0.674. The van der Waals surface area contributed by atoms with Gasteiger partial charge in [0, 0.05) is 6.04 Å². The quantitative estimate of drug-likeness (QED) is 0.719. The van der Waals surface area contributed by atoms with E-state index < -0.39 is 11.8 Å². The molecular formula is C11H19N3O2. The zero-order valence-electron chi connectivity index (χ0n) is 10.1. The lowest BCUT2D eigenvalue weighted by molar-refractivity contribution is -0.139. The highest BCUT2D eigenvalue weighted by Crippen LogP contribution is 2.11. The van der Waals surface area contributed by atoms with Crippen LogP contribution in [0.3, 0.4) is 0 Å². The van der Waals surface area contributed by atoms with Gasteiger partial charge in [0.1, 0.15) is 5.92 Å². The third-order valence-corrected chi connectivity index (χ3v) is 2.26. The van der Waals surface area contributed by atoms with E-state index in [4.69, 9.17) is 11.0 Å². The number of carbonyl (C=O) groups excluding carboxylic acids is 2.